The van der Waals surface area contributed by atoms with E-state index >= 15 is 4.39 Å². The first-order valence-electron chi connectivity index (χ1n) is 10.1. The van der Waals surface area contributed by atoms with Crippen molar-refractivity contribution in [3.8, 4) is 16.9 Å². The van der Waals surface area contributed by atoms with Crippen molar-refractivity contribution in [1.82, 2.24) is 9.55 Å². The molecule has 0 aliphatic carbocycles. The first kappa shape index (κ1) is 23.6. The average Bonchev–Trinajstić information content (AvgIpc) is 2.77. The third-order valence-corrected chi connectivity index (χ3v) is 7.96. The summed E-state index contributed by atoms with van der Waals surface area (Å²) in [5.74, 6) is -0.408. The molecule has 0 N–H and O–H groups in total. The van der Waals surface area contributed by atoms with Gasteiger partial charge in [-0.15, -0.1) is 0 Å². The van der Waals surface area contributed by atoms with E-state index in [4.69, 9.17) is 4.74 Å². The Kier molecular flexibility index (Phi) is 6.50. The number of fused-ring (bicyclic) bond motifs is 1. The van der Waals surface area contributed by atoms with Gasteiger partial charge in [-0.2, -0.15) is 0 Å². The molecule has 0 fully saturated rings. The summed E-state index contributed by atoms with van der Waals surface area (Å²) in [6.45, 7) is 2.92. The number of carbonyl (C=O) groups excluding carboxylic acids is 1. The zero-order valence-corrected chi connectivity index (χ0v) is 19.2. The van der Waals surface area contributed by atoms with Crippen LogP contribution in [-0.4, -0.2) is 41.9 Å². The lowest BCUT2D eigenvalue weighted by molar-refractivity contribution is -0.121. The Morgan fingerprint density at radius 3 is 2.41 bits per heavy atom. The number of sulfone groups is 1. The summed E-state index contributed by atoms with van der Waals surface area (Å²) in [5.41, 5.74) is 0.325. The number of halogens is 1. The SMILES string of the molecule is CCC(=O)[C@@](C)(CCn1cnc2c(F)c(-c3ccc(OC)cc3)ccc2c1=O)S(C)(=O)=O. The van der Waals surface area contributed by atoms with Crippen LogP contribution in [0.15, 0.2) is 47.5 Å². The molecule has 3 aromatic rings. The Bertz CT molecular complexity index is 1330. The molecular weight excluding hydrogens is 435 g/mol. The Hall–Kier alpha value is -3.07. The number of carbonyl (C=O) groups is 1. The molecule has 1 aromatic heterocycles. The number of Topliss-reactive ketones (excluding diaryl/α,β-unsaturated/α-hetero) is 1. The Balaban J connectivity index is 1.99. The van der Waals surface area contributed by atoms with Crippen molar-refractivity contribution in [3.05, 3.63) is 58.9 Å². The molecule has 1 atom stereocenters. The molecular formula is C23H25FN2O5S. The average molecular weight is 461 g/mol. The number of methoxy groups -OCH3 is 1. The molecule has 0 aliphatic rings. The van der Waals surface area contributed by atoms with Gasteiger partial charge in [0.2, 0.25) is 0 Å². The van der Waals surface area contributed by atoms with Gasteiger partial charge in [-0.05, 0) is 37.1 Å². The summed E-state index contributed by atoms with van der Waals surface area (Å²) < 4.78 is 44.4. The molecule has 0 saturated carbocycles. The third kappa shape index (κ3) is 4.17. The predicted octanol–water partition coefficient (Wildman–Crippen LogP) is 3.38. The van der Waals surface area contributed by atoms with Gasteiger partial charge in [0.05, 0.1) is 18.8 Å². The summed E-state index contributed by atoms with van der Waals surface area (Å²) in [4.78, 5) is 29.4. The minimum absolute atomic E-state index is 0.0427. The Morgan fingerprint density at radius 2 is 1.84 bits per heavy atom. The molecule has 0 saturated heterocycles. The van der Waals surface area contributed by atoms with Crippen LogP contribution in [0.2, 0.25) is 0 Å². The predicted molar refractivity (Wildman–Crippen MR) is 121 cm³/mol. The largest absolute Gasteiger partial charge is 0.497 e. The van der Waals surface area contributed by atoms with E-state index in [9.17, 15) is 18.0 Å². The van der Waals surface area contributed by atoms with Crippen LogP contribution in [0.1, 0.15) is 26.7 Å². The van der Waals surface area contributed by atoms with Crippen LogP contribution < -0.4 is 10.3 Å². The highest BCUT2D eigenvalue weighted by atomic mass is 32.2. The van der Waals surface area contributed by atoms with E-state index < -0.39 is 31.7 Å². The fraction of sp³-hybridized carbons (Fsp3) is 0.348. The monoisotopic (exact) mass is 460 g/mol. The zero-order valence-electron chi connectivity index (χ0n) is 18.4. The topological polar surface area (TPSA) is 95.3 Å². The van der Waals surface area contributed by atoms with Crippen molar-refractivity contribution in [2.24, 2.45) is 0 Å². The molecule has 1 heterocycles. The summed E-state index contributed by atoms with van der Waals surface area (Å²) in [5, 5.41) is 0.0742. The number of ether oxygens (including phenoxy) is 1. The Labute approximate surface area is 185 Å². The van der Waals surface area contributed by atoms with Crippen LogP contribution >= 0.6 is 0 Å². The van der Waals surface area contributed by atoms with Crippen molar-refractivity contribution < 1.29 is 22.3 Å². The van der Waals surface area contributed by atoms with E-state index in [-0.39, 0.29) is 30.3 Å². The number of benzene rings is 2. The van der Waals surface area contributed by atoms with E-state index in [1.54, 1.807) is 31.2 Å². The summed E-state index contributed by atoms with van der Waals surface area (Å²) >= 11 is 0. The van der Waals surface area contributed by atoms with E-state index in [2.05, 4.69) is 4.98 Å². The number of aryl methyl sites for hydroxylation is 1. The first-order chi connectivity index (χ1) is 15.0. The highest BCUT2D eigenvalue weighted by molar-refractivity contribution is 7.92. The second-order valence-corrected chi connectivity index (χ2v) is 10.3. The molecule has 0 radical (unpaired) electrons. The van der Waals surface area contributed by atoms with Gasteiger partial charge in [-0.1, -0.05) is 25.1 Å². The van der Waals surface area contributed by atoms with Crippen LogP contribution in [0, 0.1) is 5.82 Å². The van der Waals surface area contributed by atoms with E-state index in [0.29, 0.717) is 16.9 Å². The molecule has 0 unspecified atom stereocenters. The minimum atomic E-state index is -3.70. The van der Waals surface area contributed by atoms with E-state index in [1.165, 1.54) is 37.1 Å². The van der Waals surface area contributed by atoms with Gasteiger partial charge in [-0.3, -0.25) is 14.2 Å². The fourth-order valence-corrected chi connectivity index (χ4v) is 4.61. The number of hydrogen-bond donors (Lipinski definition) is 0. The van der Waals surface area contributed by atoms with Crippen molar-refractivity contribution in [3.63, 3.8) is 0 Å². The van der Waals surface area contributed by atoms with Gasteiger partial charge >= 0.3 is 0 Å². The molecule has 3 rings (SSSR count). The van der Waals surface area contributed by atoms with Crippen LogP contribution in [0.5, 0.6) is 5.75 Å². The van der Waals surface area contributed by atoms with Crippen molar-refractivity contribution in [2.45, 2.75) is 38.0 Å². The van der Waals surface area contributed by atoms with Gasteiger partial charge in [0.1, 0.15) is 16.0 Å². The molecule has 2 aromatic carbocycles. The second-order valence-electron chi connectivity index (χ2n) is 7.82. The normalized spacial score (nSPS) is 13.7. The molecule has 7 nitrogen and oxygen atoms in total. The maximum absolute atomic E-state index is 15.2. The molecule has 9 heteroatoms. The third-order valence-electron chi connectivity index (χ3n) is 5.89. The summed E-state index contributed by atoms with van der Waals surface area (Å²) in [6, 6.07) is 9.84. The highest BCUT2D eigenvalue weighted by Gasteiger charge is 2.41. The van der Waals surface area contributed by atoms with Crippen molar-refractivity contribution in [2.75, 3.05) is 13.4 Å². The van der Waals surface area contributed by atoms with Gasteiger partial charge in [0.15, 0.2) is 21.4 Å². The molecule has 0 spiro atoms. The number of hydrogen-bond acceptors (Lipinski definition) is 6. The highest BCUT2D eigenvalue weighted by Crippen LogP contribution is 2.29. The lowest BCUT2D eigenvalue weighted by atomic mass is 9.99. The maximum atomic E-state index is 15.2. The number of rotatable bonds is 8. The molecule has 0 amide bonds. The van der Waals surface area contributed by atoms with Crippen LogP contribution in [-0.2, 0) is 21.2 Å². The molecule has 0 aliphatic heterocycles. The number of ketones is 1. The quantitative estimate of drug-likeness (QED) is 0.511. The second kappa shape index (κ2) is 8.82. The smallest absolute Gasteiger partial charge is 0.261 e. The van der Waals surface area contributed by atoms with Crippen molar-refractivity contribution >= 4 is 26.5 Å². The standard InChI is InChI=1S/C23H25FN2O5S/c1-5-19(27)23(2,32(4,29)30)12-13-26-14-25-21-18(22(26)28)11-10-17(20(21)24)15-6-8-16(31-3)9-7-15/h6-11,14H,5,12-13H2,1-4H3/t23-/m1/s1. The molecule has 32 heavy (non-hydrogen) atoms. The van der Waals surface area contributed by atoms with Gasteiger partial charge in [0.25, 0.3) is 5.56 Å². The number of aromatic nitrogens is 2. The number of nitrogens with zero attached hydrogens (tertiary/aromatic N) is 2. The van der Waals surface area contributed by atoms with E-state index in [1.807, 2.05) is 0 Å². The van der Waals surface area contributed by atoms with Gasteiger partial charge in [-0.25, -0.2) is 17.8 Å². The van der Waals surface area contributed by atoms with Crippen LogP contribution in [0.25, 0.3) is 22.0 Å². The summed E-state index contributed by atoms with van der Waals surface area (Å²) in [7, 11) is -2.16. The van der Waals surface area contributed by atoms with Crippen molar-refractivity contribution in [1.29, 1.82) is 0 Å². The molecule has 170 valence electrons. The lowest BCUT2D eigenvalue weighted by Gasteiger charge is -2.26. The van der Waals surface area contributed by atoms with E-state index in [0.717, 1.165) is 6.26 Å². The zero-order chi connectivity index (χ0) is 23.7. The fourth-order valence-electron chi connectivity index (χ4n) is 3.59. The minimum Gasteiger partial charge on any atom is -0.497 e. The van der Waals surface area contributed by atoms with Crippen LogP contribution in [0.3, 0.4) is 0 Å². The maximum Gasteiger partial charge on any atom is 0.261 e. The van der Waals surface area contributed by atoms with Crippen LogP contribution in [0.4, 0.5) is 4.39 Å². The summed E-state index contributed by atoms with van der Waals surface area (Å²) in [6.07, 6.45) is 2.18. The Morgan fingerprint density at radius 1 is 1.19 bits per heavy atom. The molecule has 0 bridgehead atoms. The van der Waals surface area contributed by atoms with Gasteiger partial charge < -0.3 is 4.74 Å². The lowest BCUT2D eigenvalue weighted by Crippen LogP contribution is -2.44. The van der Waals surface area contributed by atoms with Gasteiger partial charge in [0, 0.05) is 24.8 Å². The first-order valence-corrected chi connectivity index (χ1v) is 12.0.